The van der Waals surface area contributed by atoms with Gasteiger partial charge in [0.25, 0.3) is 5.91 Å². The standard InChI is InChI=1S/C24H24Cl2F2N4O/c1-15-22(23(26)32(30-15)14-17-4-2-3-5-19(17)25)24(33)29-18-8-10-31(11-9-18)13-16-6-7-20(27)21(28)12-16/h2-7,12,18H,8-11,13-14H2,1H3,(H,29,33). The molecule has 1 aliphatic heterocycles. The zero-order valence-corrected chi connectivity index (χ0v) is 19.6. The normalized spacial score (nSPS) is 15.1. The van der Waals surface area contributed by atoms with Crippen molar-refractivity contribution in [2.45, 2.75) is 38.9 Å². The first kappa shape index (κ1) is 23.7. The topological polar surface area (TPSA) is 50.2 Å². The third-order valence-corrected chi connectivity index (χ3v) is 6.64. The quantitative estimate of drug-likeness (QED) is 0.513. The molecule has 0 bridgehead atoms. The van der Waals surface area contributed by atoms with Gasteiger partial charge >= 0.3 is 0 Å². The maximum Gasteiger partial charge on any atom is 0.256 e. The number of carbonyl (C=O) groups excluding carboxylic acids is 1. The Morgan fingerprint density at radius 1 is 1.09 bits per heavy atom. The van der Waals surface area contributed by atoms with E-state index in [0.717, 1.165) is 43.1 Å². The molecule has 5 nitrogen and oxygen atoms in total. The van der Waals surface area contributed by atoms with Crippen molar-refractivity contribution in [1.82, 2.24) is 20.0 Å². The van der Waals surface area contributed by atoms with Crippen molar-refractivity contribution in [3.8, 4) is 0 Å². The molecule has 174 valence electrons. The van der Waals surface area contributed by atoms with Gasteiger partial charge in [0.1, 0.15) is 5.15 Å². The van der Waals surface area contributed by atoms with Crippen molar-refractivity contribution < 1.29 is 13.6 Å². The van der Waals surface area contributed by atoms with Gasteiger partial charge in [-0.1, -0.05) is 47.5 Å². The molecule has 0 aliphatic carbocycles. The van der Waals surface area contributed by atoms with Crippen molar-refractivity contribution in [2.75, 3.05) is 13.1 Å². The van der Waals surface area contributed by atoms with E-state index in [2.05, 4.69) is 15.3 Å². The molecule has 0 unspecified atom stereocenters. The lowest BCUT2D eigenvalue weighted by Gasteiger charge is -2.32. The summed E-state index contributed by atoms with van der Waals surface area (Å²) < 4.78 is 28.1. The molecule has 0 spiro atoms. The van der Waals surface area contributed by atoms with Gasteiger partial charge in [-0.3, -0.25) is 9.69 Å². The molecule has 1 saturated heterocycles. The number of nitrogens with one attached hydrogen (secondary N) is 1. The van der Waals surface area contributed by atoms with Crippen LogP contribution in [-0.2, 0) is 13.1 Å². The van der Waals surface area contributed by atoms with E-state index >= 15 is 0 Å². The van der Waals surface area contributed by atoms with Crippen LogP contribution in [0.4, 0.5) is 8.78 Å². The number of halogens is 4. The minimum atomic E-state index is -0.843. The monoisotopic (exact) mass is 492 g/mol. The Labute approximate surface area is 201 Å². The number of aromatic nitrogens is 2. The lowest BCUT2D eigenvalue weighted by molar-refractivity contribution is 0.0908. The minimum absolute atomic E-state index is 0.00101. The summed E-state index contributed by atoms with van der Waals surface area (Å²) in [6.45, 7) is 4.14. The van der Waals surface area contributed by atoms with Crippen LogP contribution < -0.4 is 5.32 Å². The minimum Gasteiger partial charge on any atom is -0.349 e. The first-order valence-corrected chi connectivity index (χ1v) is 11.5. The Bertz CT molecular complexity index is 1160. The van der Waals surface area contributed by atoms with Crippen molar-refractivity contribution in [1.29, 1.82) is 0 Å². The smallest absolute Gasteiger partial charge is 0.256 e. The summed E-state index contributed by atoms with van der Waals surface area (Å²) in [5.41, 5.74) is 2.52. The van der Waals surface area contributed by atoms with Gasteiger partial charge in [-0.05, 0) is 49.1 Å². The number of carbonyl (C=O) groups is 1. The Morgan fingerprint density at radius 3 is 2.52 bits per heavy atom. The van der Waals surface area contributed by atoms with Crippen molar-refractivity contribution >= 4 is 29.1 Å². The highest BCUT2D eigenvalue weighted by atomic mass is 35.5. The van der Waals surface area contributed by atoms with E-state index in [1.165, 1.54) is 6.07 Å². The summed E-state index contributed by atoms with van der Waals surface area (Å²) in [5.74, 6) is -1.93. The Kier molecular flexibility index (Phi) is 7.32. The van der Waals surface area contributed by atoms with Crippen LogP contribution in [-0.4, -0.2) is 39.7 Å². The lowest BCUT2D eigenvalue weighted by Crippen LogP contribution is -2.44. The average Bonchev–Trinajstić information content (AvgIpc) is 3.06. The fourth-order valence-electron chi connectivity index (χ4n) is 4.09. The molecule has 2 heterocycles. The molecule has 0 atom stereocenters. The van der Waals surface area contributed by atoms with Gasteiger partial charge < -0.3 is 5.32 Å². The molecule has 1 fully saturated rings. The first-order valence-electron chi connectivity index (χ1n) is 10.7. The van der Waals surface area contributed by atoms with E-state index in [1.54, 1.807) is 23.7 Å². The molecule has 1 N–H and O–H groups in total. The number of benzene rings is 2. The van der Waals surface area contributed by atoms with E-state index in [-0.39, 0.29) is 17.1 Å². The third kappa shape index (κ3) is 5.54. The molecule has 2 aromatic carbocycles. The average molecular weight is 493 g/mol. The summed E-state index contributed by atoms with van der Waals surface area (Å²) in [6.07, 6.45) is 1.50. The number of aryl methyl sites for hydroxylation is 1. The fraction of sp³-hybridized carbons (Fsp3) is 0.333. The van der Waals surface area contributed by atoms with Crippen LogP contribution in [0.3, 0.4) is 0 Å². The Morgan fingerprint density at radius 2 is 1.82 bits per heavy atom. The molecule has 0 saturated carbocycles. The van der Waals surface area contributed by atoms with Gasteiger partial charge in [0.2, 0.25) is 0 Å². The number of likely N-dealkylation sites (tertiary alicyclic amines) is 1. The Balaban J connectivity index is 1.35. The second-order valence-corrected chi connectivity index (χ2v) is 9.04. The summed E-state index contributed by atoms with van der Waals surface area (Å²) in [7, 11) is 0. The molecular formula is C24H24Cl2F2N4O. The van der Waals surface area contributed by atoms with E-state index in [0.29, 0.717) is 29.4 Å². The van der Waals surface area contributed by atoms with Gasteiger partial charge in [0, 0.05) is 30.7 Å². The van der Waals surface area contributed by atoms with Crippen molar-refractivity contribution in [2.24, 2.45) is 0 Å². The lowest BCUT2D eigenvalue weighted by atomic mass is 10.0. The largest absolute Gasteiger partial charge is 0.349 e. The molecule has 4 rings (SSSR count). The molecule has 9 heteroatoms. The third-order valence-electron chi connectivity index (χ3n) is 5.88. The predicted octanol–water partition coefficient (Wildman–Crippen LogP) is 5.22. The van der Waals surface area contributed by atoms with Crippen LogP contribution in [0.15, 0.2) is 42.5 Å². The second-order valence-electron chi connectivity index (χ2n) is 8.27. The first-order chi connectivity index (χ1) is 15.8. The van der Waals surface area contributed by atoms with Gasteiger partial charge in [0.15, 0.2) is 11.6 Å². The van der Waals surface area contributed by atoms with E-state index in [9.17, 15) is 13.6 Å². The van der Waals surface area contributed by atoms with Crippen LogP contribution in [0.2, 0.25) is 10.2 Å². The summed E-state index contributed by atoms with van der Waals surface area (Å²) in [4.78, 5) is 15.1. The van der Waals surface area contributed by atoms with Crippen LogP contribution in [0.25, 0.3) is 0 Å². The summed E-state index contributed by atoms with van der Waals surface area (Å²) >= 11 is 12.8. The summed E-state index contributed by atoms with van der Waals surface area (Å²) in [5, 5.41) is 8.39. The second kappa shape index (κ2) is 10.2. The molecule has 1 aromatic heterocycles. The number of amides is 1. The molecular weight excluding hydrogens is 469 g/mol. The predicted molar refractivity (Wildman–Crippen MR) is 125 cm³/mol. The van der Waals surface area contributed by atoms with Crippen molar-refractivity contribution in [3.63, 3.8) is 0 Å². The molecule has 1 amide bonds. The van der Waals surface area contributed by atoms with Crippen LogP contribution in [0, 0.1) is 18.6 Å². The summed E-state index contributed by atoms with van der Waals surface area (Å²) in [6, 6.07) is 11.4. The van der Waals surface area contributed by atoms with Crippen LogP contribution in [0.1, 0.15) is 40.0 Å². The molecule has 1 aliphatic rings. The fourth-order valence-corrected chi connectivity index (χ4v) is 4.61. The highest BCUT2D eigenvalue weighted by Gasteiger charge is 2.25. The maximum atomic E-state index is 13.4. The zero-order valence-electron chi connectivity index (χ0n) is 18.1. The van der Waals surface area contributed by atoms with Gasteiger partial charge in [-0.2, -0.15) is 5.10 Å². The maximum absolute atomic E-state index is 13.4. The van der Waals surface area contributed by atoms with E-state index in [4.69, 9.17) is 23.2 Å². The molecule has 0 radical (unpaired) electrons. The zero-order chi connectivity index (χ0) is 23.5. The SMILES string of the molecule is Cc1nn(Cc2ccccc2Cl)c(Cl)c1C(=O)NC1CCN(Cc2ccc(F)c(F)c2)CC1. The van der Waals surface area contributed by atoms with Crippen LogP contribution >= 0.6 is 23.2 Å². The number of hydrogen-bond donors (Lipinski definition) is 1. The van der Waals surface area contributed by atoms with E-state index in [1.807, 2.05) is 18.2 Å². The van der Waals surface area contributed by atoms with Crippen molar-refractivity contribution in [3.05, 3.63) is 86.7 Å². The van der Waals surface area contributed by atoms with Crippen LogP contribution in [0.5, 0.6) is 0 Å². The highest BCUT2D eigenvalue weighted by Crippen LogP contribution is 2.24. The number of piperidine rings is 1. The Hall–Kier alpha value is -2.48. The van der Waals surface area contributed by atoms with Gasteiger partial charge in [-0.15, -0.1) is 0 Å². The molecule has 3 aromatic rings. The molecule has 33 heavy (non-hydrogen) atoms. The number of nitrogens with zero attached hydrogens (tertiary/aromatic N) is 3. The van der Waals surface area contributed by atoms with Gasteiger partial charge in [-0.25, -0.2) is 13.5 Å². The van der Waals surface area contributed by atoms with E-state index < -0.39 is 11.6 Å². The highest BCUT2D eigenvalue weighted by molar-refractivity contribution is 6.33. The number of rotatable bonds is 6. The van der Waals surface area contributed by atoms with Gasteiger partial charge in [0.05, 0.1) is 17.8 Å². The number of hydrogen-bond acceptors (Lipinski definition) is 3.